The molecule has 2 N–H and O–H groups in total. The third-order valence-electron chi connectivity index (χ3n) is 5.59. The van der Waals surface area contributed by atoms with Crippen molar-refractivity contribution in [3.05, 3.63) is 0 Å². The minimum absolute atomic E-state index is 0.228. The summed E-state index contributed by atoms with van der Waals surface area (Å²) in [5, 5.41) is 17.9. The first kappa shape index (κ1) is 22.9. The van der Waals surface area contributed by atoms with Gasteiger partial charge in [-0.1, -0.05) is 71.6 Å². The van der Waals surface area contributed by atoms with Gasteiger partial charge in [0, 0.05) is 6.42 Å². The molecule has 24 heavy (non-hydrogen) atoms. The third-order valence-corrected chi connectivity index (χ3v) is 5.59. The van der Waals surface area contributed by atoms with E-state index in [1.54, 1.807) is 0 Å². The quantitative estimate of drug-likeness (QED) is 0.343. The van der Waals surface area contributed by atoms with Crippen molar-refractivity contribution in [1.82, 2.24) is 0 Å². The maximum Gasteiger partial charge on any atom is 0.309 e. The summed E-state index contributed by atoms with van der Waals surface area (Å²) < 4.78 is 0. The molecule has 0 spiro atoms. The van der Waals surface area contributed by atoms with Gasteiger partial charge < -0.3 is 10.2 Å². The van der Waals surface area contributed by atoms with Crippen molar-refractivity contribution in [3.63, 3.8) is 0 Å². The van der Waals surface area contributed by atoms with E-state index in [4.69, 9.17) is 5.11 Å². The van der Waals surface area contributed by atoms with Crippen molar-refractivity contribution in [1.29, 1.82) is 0 Å². The number of unbranched alkanes of at least 4 members (excludes halogenated alkanes) is 9. The Morgan fingerprint density at radius 1 is 0.833 bits per heavy atom. The van der Waals surface area contributed by atoms with Crippen LogP contribution in [0.2, 0.25) is 0 Å². The summed E-state index contributed by atoms with van der Waals surface area (Å²) >= 11 is 0. The molecule has 4 heteroatoms. The molecule has 2 unspecified atom stereocenters. The van der Waals surface area contributed by atoms with E-state index in [0.29, 0.717) is 12.8 Å². The van der Waals surface area contributed by atoms with Gasteiger partial charge in [0.05, 0.1) is 5.41 Å². The van der Waals surface area contributed by atoms with Crippen LogP contribution in [0.5, 0.6) is 0 Å². The number of carboxylic acid groups (broad SMARTS) is 2. The normalized spacial score (nSPS) is 15.0. The van der Waals surface area contributed by atoms with Crippen LogP contribution in [-0.4, -0.2) is 22.2 Å². The zero-order valence-electron chi connectivity index (χ0n) is 16.0. The standard InChI is InChI=1S/C20H38O4/c1-4-20(3,19(23)24)17(2)15-13-11-9-7-5-6-8-10-12-14-16-18(21)22/h17H,4-16H2,1-3H3,(H,21,22)(H,23,24). The fraction of sp³-hybridized carbons (Fsp3) is 0.900. The largest absolute Gasteiger partial charge is 0.481 e. The van der Waals surface area contributed by atoms with Crippen LogP contribution < -0.4 is 0 Å². The highest BCUT2D eigenvalue weighted by molar-refractivity contribution is 5.74. The molecule has 0 fully saturated rings. The maximum atomic E-state index is 11.4. The van der Waals surface area contributed by atoms with Crippen LogP contribution >= 0.6 is 0 Å². The Hall–Kier alpha value is -1.06. The lowest BCUT2D eigenvalue weighted by molar-refractivity contribution is -0.151. The predicted molar refractivity (Wildman–Crippen MR) is 98.2 cm³/mol. The molecule has 0 aliphatic rings. The first-order valence-corrected chi connectivity index (χ1v) is 9.79. The fourth-order valence-electron chi connectivity index (χ4n) is 3.17. The molecular formula is C20H38O4. The molecule has 142 valence electrons. The molecule has 0 aromatic carbocycles. The molecule has 0 rings (SSSR count). The van der Waals surface area contributed by atoms with Crippen molar-refractivity contribution < 1.29 is 19.8 Å². The molecule has 0 heterocycles. The molecule has 0 aromatic heterocycles. The summed E-state index contributed by atoms with van der Waals surface area (Å²) in [6, 6.07) is 0. The van der Waals surface area contributed by atoms with Crippen LogP contribution in [0, 0.1) is 11.3 Å². The number of carbonyl (C=O) groups is 2. The minimum atomic E-state index is -0.688. The van der Waals surface area contributed by atoms with Gasteiger partial charge in [-0.15, -0.1) is 0 Å². The van der Waals surface area contributed by atoms with Gasteiger partial charge in [0.1, 0.15) is 0 Å². The zero-order valence-corrected chi connectivity index (χ0v) is 16.0. The molecule has 0 aromatic rings. The fourth-order valence-corrected chi connectivity index (χ4v) is 3.17. The summed E-state index contributed by atoms with van der Waals surface area (Å²) in [5.41, 5.74) is -0.583. The molecule has 0 radical (unpaired) electrons. The summed E-state index contributed by atoms with van der Waals surface area (Å²) in [6.45, 7) is 5.91. The Kier molecular flexibility index (Phi) is 12.7. The second kappa shape index (κ2) is 13.3. The van der Waals surface area contributed by atoms with Gasteiger partial charge in [-0.05, 0) is 32.1 Å². The number of rotatable bonds is 16. The van der Waals surface area contributed by atoms with Crippen LogP contribution in [0.15, 0.2) is 0 Å². The first-order chi connectivity index (χ1) is 11.3. The van der Waals surface area contributed by atoms with Crippen molar-refractivity contribution in [2.24, 2.45) is 11.3 Å². The van der Waals surface area contributed by atoms with Crippen molar-refractivity contribution in [2.45, 2.75) is 104 Å². The maximum absolute atomic E-state index is 11.4. The molecule has 0 amide bonds. The van der Waals surface area contributed by atoms with Gasteiger partial charge in [0.2, 0.25) is 0 Å². The first-order valence-electron chi connectivity index (χ1n) is 9.79. The van der Waals surface area contributed by atoms with E-state index in [2.05, 4.69) is 6.92 Å². The van der Waals surface area contributed by atoms with Gasteiger partial charge in [0.15, 0.2) is 0 Å². The van der Waals surface area contributed by atoms with E-state index in [9.17, 15) is 14.7 Å². The Bertz CT molecular complexity index is 354. The molecular weight excluding hydrogens is 304 g/mol. The SMILES string of the molecule is CCC(C)(C(=O)O)C(C)CCCCCCCCCCCCC(=O)O. The predicted octanol–water partition coefficient (Wildman–Crippen LogP) is 5.89. The molecule has 0 saturated heterocycles. The molecule has 0 bridgehead atoms. The van der Waals surface area contributed by atoms with Crippen molar-refractivity contribution in [2.75, 3.05) is 0 Å². The highest BCUT2D eigenvalue weighted by Crippen LogP contribution is 2.34. The second-order valence-electron chi connectivity index (χ2n) is 7.45. The van der Waals surface area contributed by atoms with Crippen LogP contribution in [-0.2, 0) is 9.59 Å². The Labute approximate surface area is 148 Å². The Morgan fingerprint density at radius 3 is 1.62 bits per heavy atom. The topological polar surface area (TPSA) is 74.6 Å². The zero-order chi connectivity index (χ0) is 18.4. The highest BCUT2D eigenvalue weighted by Gasteiger charge is 2.36. The second-order valence-corrected chi connectivity index (χ2v) is 7.45. The lowest BCUT2D eigenvalue weighted by atomic mass is 9.73. The van der Waals surface area contributed by atoms with Crippen LogP contribution in [0.3, 0.4) is 0 Å². The molecule has 4 nitrogen and oxygen atoms in total. The lowest BCUT2D eigenvalue weighted by Gasteiger charge is -2.30. The van der Waals surface area contributed by atoms with E-state index >= 15 is 0 Å². The number of aliphatic carboxylic acids is 2. The monoisotopic (exact) mass is 342 g/mol. The van der Waals surface area contributed by atoms with E-state index in [1.165, 1.54) is 38.5 Å². The van der Waals surface area contributed by atoms with Crippen LogP contribution in [0.1, 0.15) is 104 Å². The van der Waals surface area contributed by atoms with E-state index in [1.807, 2.05) is 13.8 Å². The third kappa shape index (κ3) is 9.94. The van der Waals surface area contributed by atoms with Crippen molar-refractivity contribution >= 4 is 11.9 Å². The number of carboxylic acids is 2. The minimum Gasteiger partial charge on any atom is -0.481 e. The van der Waals surface area contributed by atoms with E-state index in [-0.39, 0.29) is 5.92 Å². The van der Waals surface area contributed by atoms with Gasteiger partial charge in [-0.2, -0.15) is 0 Å². The Balaban J connectivity index is 3.48. The lowest BCUT2D eigenvalue weighted by Crippen LogP contribution is -2.33. The van der Waals surface area contributed by atoms with Crippen LogP contribution in [0.4, 0.5) is 0 Å². The average molecular weight is 343 g/mol. The molecule has 0 aliphatic carbocycles. The van der Waals surface area contributed by atoms with Gasteiger partial charge in [0.25, 0.3) is 0 Å². The molecule has 2 atom stereocenters. The van der Waals surface area contributed by atoms with E-state index < -0.39 is 17.4 Å². The number of hydrogen-bond acceptors (Lipinski definition) is 2. The Morgan fingerprint density at radius 2 is 1.25 bits per heavy atom. The number of hydrogen-bond donors (Lipinski definition) is 2. The summed E-state index contributed by atoms with van der Waals surface area (Å²) in [6.07, 6.45) is 13.5. The van der Waals surface area contributed by atoms with Gasteiger partial charge in [-0.25, -0.2) is 0 Å². The average Bonchev–Trinajstić information content (AvgIpc) is 2.54. The highest BCUT2D eigenvalue weighted by atomic mass is 16.4. The van der Waals surface area contributed by atoms with Crippen molar-refractivity contribution in [3.8, 4) is 0 Å². The summed E-state index contributed by atoms with van der Waals surface area (Å²) in [7, 11) is 0. The molecule has 0 saturated carbocycles. The van der Waals surface area contributed by atoms with Gasteiger partial charge >= 0.3 is 11.9 Å². The van der Waals surface area contributed by atoms with E-state index in [0.717, 1.165) is 32.1 Å². The van der Waals surface area contributed by atoms with Crippen LogP contribution in [0.25, 0.3) is 0 Å². The van der Waals surface area contributed by atoms with Gasteiger partial charge in [-0.3, -0.25) is 9.59 Å². The molecule has 0 aliphatic heterocycles. The summed E-state index contributed by atoms with van der Waals surface area (Å²) in [4.78, 5) is 21.8. The summed E-state index contributed by atoms with van der Waals surface area (Å²) in [5.74, 6) is -1.13. The smallest absolute Gasteiger partial charge is 0.309 e.